The number of rotatable bonds is 5. The smallest absolute Gasteiger partial charge is 0.174 e. The largest absolute Gasteiger partial charge is 0.457 e. The van der Waals surface area contributed by atoms with Gasteiger partial charge in [0.1, 0.15) is 11.5 Å². The zero-order valence-corrected chi connectivity index (χ0v) is 14.6. The van der Waals surface area contributed by atoms with E-state index >= 15 is 0 Å². The molecule has 1 unspecified atom stereocenters. The van der Waals surface area contributed by atoms with E-state index < -0.39 is 5.66 Å². The van der Waals surface area contributed by atoms with Crippen LogP contribution in [0.15, 0.2) is 52.8 Å². The first kappa shape index (κ1) is 16.7. The molecule has 0 aliphatic carbocycles. The Morgan fingerprint density at radius 2 is 1.92 bits per heavy atom. The summed E-state index contributed by atoms with van der Waals surface area (Å²) in [5.41, 5.74) is 7.23. The maximum atomic E-state index is 6.04. The number of hydrazine groups is 1. The molecule has 24 heavy (non-hydrogen) atoms. The van der Waals surface area contributed by atoms with Crippen LogP contribution in [0.4, 0.5) is 0 Å². The first-order valence-corrected chi connectivity index (χ1v) is 8.00. The van der Waals surface area contributed by atoms with Crippen molar-refractivity contribution in [2.75, 3.05) is 14.1 Å². The fraction of sp³-hybridized carbons (Fsp3) is 0.294. The molecular weight excluding hydrogens is 326 g/mol. The molecule has 1 aliphatic heterocycles. The van der Waals surface area contributed by atoms with Crippen molar-refractivity contribution >= 4 is 11.6 Å². The molecule has 3 rings (SSSR count). The van der Waals surface area contributed by atoms with Crippen LogP contribution in [0.3, 0.4) is 0 Å². The molecule has 0 spiro atoms. The second-order valence-corrected chi connectivity index (χ2v) is 6.56. The summed E-state index contributed by atoms with van der Waals surface area (Å²) in [5, 5.41) is 8.71. The highest BCUT2D eigenvalue weighted by Gasteiger charge is 2.30. The number of benzene rings is 2. The van der Waals surface area contributed by atoms with Gasteiger partial charge in [0, 0.05) is 17.1 Å². The van der Waals surface area contributed by atoms with E-state index in [1.807, 2.05) is 57.4 Å². The predicted octanol–water partition coefficient (Wildman–Crippen LogP) is 3.84. The minimum Gasteiger partial charge on any atom is -0.457 e. The maximum absolute atomic E-state index is 6.04. The summed E-state index contributed by atoms with van der Waals surface area (Å²) in [6, 6.07) is 13.4. The third-order valence-electron chi connectivity index (χ3n) is 3.75. The lowest BCUT2D eigenvalue weighted by molar-refractivity contribution is 0.379. The van der Waals surface area contributed by atoms with Crippen molar-refractivity contribution in [3.63, 3.8) is 0 Å². The van der Waals surface area contributed by atoms with Gasteiger partial charge in [-0.25, -0.2) is 5.53 Å². The summed E-state index contributed by atoms with van der Waals surface area (Å²) >= 11 is 5.93. The van der Waals surface area contributed by atoms with Crippen LogP contribution in [0.2, 0.25) is 5.02 Å². The van der Waals surface area contributed by atoms with Crippen molar-refractivity contribution in [3.05, 3.63) is 58.6 Å². The lowest BCUT2D eigenvalue weighted by atomic mass is 9.99. The fourth-order valence-corrected chi connectivity index (χ4v) is 2.62. The third-order valence-corrected chi connectivity index (χ3v) is 4.00. The Morgan fingerprint density at radius 3 is 2.54 bits per heavy atom. The third kappa shape index (κ3) is 3.67. The van der Waals surface area contributed by atoms with E-state index in [1.165, 1.54) is 0 Å². The van der Waals surface area contributed by atoms with E-state index in [-0.39, 0.29) is 0 Å². The van der Waals surface area contributed by atoms with Gasteiger partial charge < -0.3 is 9.64 Å². The van der Waals surface area contributed by atoms with Crippen molar-refractivity contribution in [2.24, 2.45) is 10.3 Å². The first-order valence-electron chi connectivity index (χ1n) is 7.62. The van der Waals surface area contributed by atoms with Crippen molar-refractivity contribution < 1.29 is 4.74 Å². The van der Waals surface area contributed by atoms with E-state index in [9.17, 15) is 0 Å². The molecule has 0 fully saturated rings. The van der Waals surface area contributed by atoms with Gasteiger partial charge in [-0.05, 0) is 63.0 Å². The Labute approximate surface area is 146 Å². The van der Waals surface area contributed by atoms with Crippen LogP contribution < -0.4 is 15.7 Å². The zero-order valence-electron chi connectivity index (χ0n) is 13.9. The molecule has 1 atom stereocenters. The molecule has 0 radical (unpaired) electrons. The van der Waals surface area contributed by atoms with Gasteiger partial charge in [0.15, 0.2) is 5.66 Å². The van der Waals surface area contributed by atoms with E-state index in [4.69, 9.17) is 16.3 Å². The maximum Gasteiger partial charge on any atom is 0.174 e. The van der Waals surface area contributed by atoms with Crippen molar-refractivity contribution in [3.8, 4) is 11.5 Å². The number of hydrogen-bond donors (Lipinski definition) is 2. The summed E-state index contributed by atoms with van der Waals surface area (Å²) in [5.74, 6) is 1.56. The Kier molecular flexibility index (Phi) is 4.71. The summed E-state index contributed by atoms with van der Waals surface area (Å²) in [4.78, 5) is 2.10. The first-order chi connectivity index (χ1) is 11.5. The lowest BCUT2D eigenvalue weighted by Gasteiger charge is -2.22. The Balaban J connectivity index is 1.93. The Morgan fingerprint density at radius 1 is 1.17 bits per heavy atom. The average molecular weight is 346 g/mol. The molecular formula is C17H20ClN5O. The van der Waals surface area contributed by atoms with Gasteiger partial charge in [0.2, 0.25) is 0 Å². The van der Waals surface area contributed by atoms with Gasteiger partial charge in [-0.3, -0.25) is 0 Å². The standard InChI is InChI=1S/C17H20ClN5O/c1-17(19-21-22-20-17)13-4-9-16(12(10-13)11-23(2)3)24-15-7-5-14(18)6-8-15/h4-10H,11H2,1-3H3,(H,19,22)(H,20,21). The predicted molar refractivity (Wildman–Crippen MR) is 93.8 cm³/mol. The van der Waals surface area contributed by atoms with Crippen molar-refractivity contribution in [2.45, 2.75) is 19.1 Å². The molecule has 126 valence electrons. The van der Waals surface area contributed by atoms with E-state index in [0.29, 0.717) is 5.02 Å². The molecule has 0 saturated heterocycles. The van der Waals surface area contributed by atoms with Crippen LogP contribution in [0.1, 0.15) is 18.1 Å². The van der Waals surface area contributed by atoms with Crippen molar-refractivity contribution in [1.82, 2.24) is 15.9 Å². The van der Waals surface area contributed by atoms with Crippen molar-refractivity contribution in [1.29, 1.82) is 0 Å². The zero-order chi connectivity index (χ0) is 17.2. The average Bonchev–Trinajstić information content (AvgIpc) is 2.98. The molecule has 2 aromatic rings. The molecule has 6 nitrogen and oxygen atoms in total. The molecule has 1 heterocycles. The van der Waals surface area contributed by atoms with Crippen LogP contribution in [0.5, 0.6) is 11.5 Å². The molecule has 0 bridgehead atoms. The number of halogens is 1. The molecule has 2 N–H and O–H groups in total. The molecule has 0 saturated carbocycles. The number of nitrogens with zero attached hydrogens (tertiary/aromatic N) is 3. The number of hydrogen-bond acceptors (Lipinski definition) is 6. The highest BCUT2D eigenvalue weighted by molar-refractivity contribution is 6.30. The quantitative estimate of drug-likeness (QED) is 0.864. The van der Waals surface area contributed by atoms with E-state index in [1.54, 1.807) is 0 Å². The second-order valence-electron chi connectivity index (χ2n) is 6.13. The lowest BCUT2D eigenvalue weighted by Crippen LogP contribution is -2.39. The summed E-state index contributed by atoms with van der Waals surface area (Å²) in [7, 11) is 4.05. The highest BCUT2D eigenvalue weighted by atomic mass is 35.5. The van der Waals surface area contributed by atoms with Gasteiger partial charge >= 0.3 is 0 Å². The Hall–Kier alpha value is -2.15. The monoisotopic (exact) mass is 345 g/mol. The van der Waals surface area contributed by atoms with Crippen LogP contribution >= 0.6 is 11.6 Å². The molecule has 0 aromatic heterocycles. The second kappa shape index (κ2) is 6.76. The van der Waals surface area contributed by atoms with E-state index in [2.05, 4.69) is 32.3 Å². The number of nitrogens with one attached hydrogen (secondary N) is 2. The van der Waals surface area contributed by atoms with Crippen LogP contribution in [-0.4, -0.2) is 19.0 Å². The van der Waals surface area contributed by atoms with Gasteiger partial charge in [-0.1, -0.05) is 22.9 Å². The summed E-state index contributed by atoms with van der Waals surface area (Å²) in [6.45, 7) is 2.71. The Bertz CT molecular complexity index is 747. The van der Waals surface area contributed by atoms with Gasteiger partial charge in [0.05, 0.1) is 0 Å². The summed E-state index contributed by atoms with van der Waals surface area (Å²) in [6.07, 6.45) is 0. The van der Waals surface area contributed by atoms with E-state index in [0.717, 1.165) is 29.2 Å². The molecule has 1 aliphatic rings. The van der Waals surface area contributed by atoms with Crippen LogP contribution in [-0.2, 0) is 12.2 Å². The van der Waals surface area contributed by atoms with Gasteiger partial charge in [-0.2, -0.15) is 5.43 Å². The minimum atomic E-state index is -0.583. The fourth-order valence-electron chi connectivity index (χ4n) is 2.49. The van der Waals surface area contributed by atoms with Crippen LogP contribution in [0.25, 0.3) is 0 Å². The van der Waals surface area contributed by atoms with Gasteiger partial charge in [0.25, 0.3) is 0 Å². The highest BCUT2D eigenvalue weighted by Crippen LogP contribution is 2.32. The SMILES string of the molecule is CN(C)Cc1cc(C2(C)N=NNN2)ccc1Oc1ccc(Cl)cc1. The molecule has 2 aromatic carbocycles. The van der Waals surface area contributed by atoms with Gasteiger partial charge in [-0.15, -0.1) is 5.11 Å². The molecule has 0 amide bonds. The molecule has 7 heteroatoms. The van der Waals surface area contributed by atoms with Crippen LogP contribution in [0, 0.1) is 0 Å². The minimum absolute atomic E-state index is 0.583. The normalized spacial score (nSPS) is 19.5. The number of ether oxygens (including phenoxy) is 1. The summed E-state index contributed by atoms with van der Waals surface area (Å²) < 4.78 is 6.04. The topological polar surface area (TPSA) is 61.2 Å².